The van der Waals surface area contributed by atoms with E-state index in [-0.39, 0.29) is 11.2 Å². The molecule has 2 aliphatic carbocycles. The minimum atomic E-state index is -0.161. The van der Waals surface area contributed by atoms with Crippen LogP contribution in [0.4, 0.5) is 0 Å². The number of carbonyl (C=O) groups excluding carboxylic acids is 1. The molecule has 0 radical (unpaired) electrons. The van der Waals surface area contributed by atoms with Crippen molar-refractivity contribution in [2.24, 2.45) is 0 Å². The maximum absolute atomic E-state index is 12.0. The van der Waals surface area contributed by atoms with E-state index in [4.69, 9.17) is 4.74 Å². The molecular formula is C16H22N2O2S. The minimum absolute atomic E-state index is 0.161. The normalized spacial score (nSPS) is 21.8. The predicted molar refractivity (Wildman–Crippen MR) is 85.7 cm³/mol. The molecule has 5 heteroatoms. The second kappa shape index (κ2) is 6.60. The summed E-state index contributed by atoms with van der Waals surface area (Å²) >= 11 is 1.62. The van der Waals surface area contributed by atoms with E-state index in [1.807, 2.05) is 13.0 Å². The fraction of sp³-hybridized carbons (Fsp3) is 0.562. The monoisotopic (exact) mass is 306 g/mol. The number of allylic oxidation sites excluding steroid dienone is 1. The quantitative estimate of drug-likeness (QED) is 0.644. The number of ether oxygens (including phenoxy) is 1. The van der Waals surface area contributed by atoms with Gasteiger partial charge in [0.05, 0.1) is 11.9 Å². The number of esters is 1. The van der Waals surface area contributed by atoms with Crippen molar-refractivity contribution in [1.29, 1.82) is 0 Å². The Kier molecular flexibility index (Phi) is 4.58. The number of carbonyl (C=O) groups is 1. The smallest absolute Gasteiger partial charge is 0.334 e. The number of aromatic nitrogens is 1. The van der Waals surface area contributed by atoms with Crippen molar-refractivity contribution in [1.82, 2.24) is 4.68 Å². The molecule has 1 fully saturated rings. The number of hydrogen-bond donors (Lipinski definition) is 1. The van der Waals surface area contributed by atoms with Crippen molar-refractivity contribution in [2.75, 3.05) is 11.4 Å². The second-order valence-electron chi connectivity index (χ2n) is 5.59. The summed E-state index contributed by atoms with van der Waals surface area (Å²) in [5.74, 6) is 0.547. The SMILES string of the molecule is CCOC(=O)C1=CCCCC1SNn1cccc1C1CC1. The van der Waals surface area contributed by atoms with Crippen LogP contribution < -0.4 is 4.83 Å². The molecule has 1 atom stereocenters. The van der Waals surface area contributed by atoms with E-state index in [9.17, 15) is 4.79 Å². The van der Waals surface area contributed by atoms with Crippen LogP contribution in [-0.2, 0) is 9.53 Å². The van der Waals surface area contributed by atoms with Crippen LogP contribution in [0, 0.1) is 0 Å². The molecule has 0 amide bonds. The highest BCUT2D eigenvalue weighted by Crippen LogP contribution is 2.40. The van der Waals surface area contributed by atoms with E-state index < -0.39 is 0 Å². The molecule has 21 heavy (non-hydrogen) atoms. The summed E-state index contributed by atoms with van der Waals surface area (Å²) in [6.45, 7) is 2.29. The van der Waals surface area contributed by atoms with Gasteiger partial charge in [0.25, 0.3) is 0 Å². The van der Waals surface area contributed by atoms with Gasteiger partial charge in [0, 0.05) is 23.4 Å². The minimum Gasteiger partial charge on any atom is -0.463 e. The fourth-order valence-corrected chi connectivity index (χ4v) is 3.72. The van der Waals surface area contributed by atoms with Gasteiger partial charge in [-0.15, -0.1) is 0 Å². The van der Waals surface area contributed by atoms with E-state index in [1.165, 1.54) is 18.5 Å². The molecule has 0 aliphatic heterocycles. The van der Waals surface area contributed by atoms with E-state index in [1.54, 1.807) is 11.9 Å². The summed E-state index contributed by atoms with van der Waals surface area (Å²) in [6, 6.07) is 4.25. The number of rotatable bonds is 6. The lowest BCUT2D eigenvalue weighted by atomic mass is 9.99. The third kappa shape index (κ3) is 3.46. The van der Waals surface area contributed by atoms with E-state index in [0.717, 1.165) is 24.8 Å². The Balaban J connectivity index is 1.62. The topological polar surface area (TPSA) is 43.3 Å². The average molecular weight is 306 g/mol. The van der Waals surface area contributed by atoms with Crippen LogP contribution in [0.3, 0.4) is 0 Å². The van der Waals surface area contributed by atoms with Crippen molar-refractivity contribution in [2.45, 2.75) is 50.2 Å². The van der Waals surface area contributed by atoms with Crippen molar-refractivity contribution in [3.05, 3.63) is 35.7 Å². The summed E-state index contributed by atoms with van der Waals surface area (Å²) in [5, 5.41) is 0.173. The Bertz CT molecular complexity index is 534. The van der Waals surface area contributed by atoms with Crippen molar-refractivity contribution in [3.8, 4) is 0 Å². The summed E-state index contributed by atoms with van der Waals surface area (Å²) in [4.78, 5) is 15.4. The average Bonchev–Trinajstić information content (AvgIpc) is 3.24. The standard InChI is InChI=1S/C16H22N2O2S/c1-2-20-16(19)13-6-3-4-8-15(13)21-17-18-11-5-7-14(18)12-9-10-12/h5-7,11-12,15,17H,2-4,8-10H2,1H3. The molecule has 0 spiro atoms. The van der Waals surface area contributed by atoms with Gasteiger partial charge in [0.2, 0.25) is 0 Å². The van der Waals surface area contributed by atoms with Crippen LogP contribution in [0.25, 0.3) is 0 Å². The summed E-state index contributed by atoms with van der Waals surface area (Å²) in [5.41, 5.74) is 2.17. The zero-order chi connectivity index (χ0) is 14.7. The highest BCUT2D eigenvalue weighted by Gasteiger charge is 2.28. The maximum atomic E-state index is 12.0. The molecule has 0 saturated heterocycles. The van der Waals surface area contributed by atoms with Gasteiger partial charge in [-0.05, 0) is 63.1 Å². The first-order valence-electron chi connectivity index (χ1n) is 7.75. The molecular weight excluding hydrogens is 284 g/mol. The lowest BCUT2D eigenvalue weighted by Gasteiger charge is -2.23. The summed E-state index contributed by atoms with van der Waals surface area (Å²) in [6.07, 6.45) is 9.78. The molecule has 1 unspecified atom stereocenters. The van der Waals surface area contributed by atoms with Gasteiger partial charge >= 0.3 is 5.97 Å². The van der Waals surface area contributed by atoms with Crippen molar-refractivity contribution >= 4 is 17.9 Å². The van der Waals surface area contributed by atoms with Crippen LogP contribution in [-0.4, -0.2) is 22.5 Å². The molecule has 1 N–H and O–H groups in total. The predicted octanol–water partition coefficient (Wildman–Crippen LogP) is 3.60. The Morgan fingerprint density at radius 3 is 3.10 bits per heavy atom. The molecule has 114 valence electrons. The van der Waals surface area contributed by atoms with Gasteiger partial charge < -0.3 is 4.74 Å². The summed E-state index contributed by atoms with van der Waals surface area (Å²) < 4.78 is 7.26. The van der Waals surface area contributed by atoms with Gasteiger partial charge in [-0.3, -0.25) is 9.51 Å². The van der Waals surface area contributed by atoms with Crippen LogP contribution in [0.2, 0.25) is 0 Å². The Morgan fingerprint density at radius 2 is 2.33 bits per heavy atom. The van der Waals surface area contributed by atoms with E-state index in [0.29, 0.717) is 12.5 Å². The highest BCUT2D eigenvalue weighted by atomic mass is 32.2. The Morgan fingerprint density at radius 1 is 1.48 bits per heavy atom. The van der Waals surface area contributed by atoms with Gasteiger partial charge in [-0.1, -0.05) is 6.08 Å². The Hall–Kier alpha value is -1.36. The van der Waals surface area contributed by atoms with Crippen LogP contribution in [0.1, 0.15) is 50.6 Å². The molecule has 3 rings (SSSR count). The molecule has 1 heterocycles. The van der Waals surface area contributed by atoms with Gasteiger partial charge in [-0.2, -0.15) is 0 Å². The molecule has 1 saturated carbocycles. The lowest BCUT2D eigenvalue weighted by molar-refractivity contribution is -0.138. The first kappa shape index (κ1) is 14.6. The maximum Gasteiger partial charge on any atom is 0.334 e. The number of hydrogen-bond acceptors (Lipinski definition) is 4. The third-order valence-electron chi connectivity index (χ3n) is 3.96. The molecule has 0 aromatic carbocycles. The van der Waals surface area contributed by atoms with Gasteiger partial charge in [-0.25, -0.2) is 4.79 Å². The second-order valence-corrected chi connectivity index (χ2v) is 6.57. The van der Waals surface area contributed by atoms with Gasteiger partial charge in [0.15, 0.2) is 0 Å². The lowest BCUT2D eigenvalue weighted by Crippen LogP contribution is -2.24. The highest BCUT2D eigenvalue weighted by molar-refractivity contribution is 8.01. The third-order valence-corrected chi connectivity index (χ3v) is 5.04. The first-order chi connectivity index (χ1) is 10.3. The molecule has 2 aliphatic rings. The first-order valence-corrected chi connectivity index (χ1v) is 8.63. The molecule has 1 aromatic heterocycles. The van der Waals surface area contributed by atoms with E-state index in [2.05, 4.69) is 27.8 Å². The summed E-state index contributed by atoms with van der Waals surface area (Å²) in [7, 11) is 0. The van der Waals surface area contributed by atoms with Crippen LogP contribution >= 0.6 is 11.9 Å². The van der Waals surface area contributed by atoms with Gasteiger partial charge in [0.1, 0.15) is 0 Å². The zero-order valence-electron chi connectivity index (χ0n) is 12.4. The fourth-order valence-electron chi connectivity index (χ4n) is 2.71. The van der Waals surface area contributed by atoms with Crippen molar-refractivity contribution in [3.63, 3.8) is 0 Å². The van der Waals surface area contributed by atoms with Crippen LogP contribution in [0.5, 0.6) is 0 Å². The molecule has 4 nitrogen and oxygen atoms in total. The largest absolute Gasteiger partial charge is 0.463 e. The van der Waals surface area contributed by atoms with Crippen molar-refractivity contribution < 1.29 is 9.53 Å². The molecule has 0 bridgehead atoms. The molecule has 1 aromatic rings. The van der Waals surface area contributed by atoms with E-state index >= 15 is 0 Å². The van der Waals surface area contributed by atoms with Crippen LogP contribution in [0.15, 0.2) is 30.0 Å². The number of nitrogens with zero attached hydrogens (tertiary/aromatic N) is 1. The zero-order valence-corrected chi connectivity index (χ0v) is 13.2. The number of nitrogens with one attached hydrogen (secondary N) is 1. The Labute approximate surface area is 130 Å².